The molecule has 0 aliphatic rings. The summed E-state index contributed by atoms with van der Waals surface area (Å²) in [5.74, 6) is -1.43. The predicted octanol–water partition coefficient (Wildman–Crippen LogP) is 2.26. The molecule has 1 aromatic carbocycles. The van der Waals surface area contributed by atoms with Crippen molar-refractivity contribution in [2.45, 2.75) is 13.5 Å². The van der Waals surface area contributed by atoms with Crippen LogP contribution in [0.5, 0.6) is 0 Å². The van der Waals surface area contributed by atoms with Crippen LogP contribution in [0, 0.1) is 0 Å². The molecule has 5 heteroatoms. The van der Waals surface area contributed by atoms with Crippen molar-refractivity contribution in [3.8, 4) is 0 Å². The fourth-order valence-corrected chi connectivity index (χ4v) is 1.98. The Kier molecular flexibility index (Phi) is 5.50. The minimum Gasteiger partial charge on any atom is -0.460 e. The summed E-state index contributed by atoms with van der Waals surface area (Å²) in [6.07, 6.45) is 0. The van der Waals surface area contributed by atoms with Gasteiger partial charge in [-0.05, 0) is 32.6 Å². The van der Waals surface area contributed by atoms with Gasteiger partial charge in [-0.2, -0.15) is 0 Å². The van der Waals surface area contributed by atoms with Gasteiger partial charge < -0.3 is 9.64 Å². The van der Waals surface area contributed by atoms with E-state index in [0.29, 0.717) is 5.56 Å². The second-order valence-corrected chi connectivity index (χ2v) is 4.95. The van der Waals surface area contributed by atoms with Crippen molar-refractivity contribution < 1.29 is 14.3 Å². The quantitative estimate of drug-likeness (QED) is 0.475. The van der Waals surface area contributed by atoms with Gasteiger partial charge in [-0.3, -0.25) is 4.79 Å². The summed E-state index contributed by atoms with van der Waals surface area (Å²) < 4.78 is 5.49. The maximum Gasteiger partial charge on any atom is 0.379 e. The van der Waals surface area contributed by atoms with E-state index in [9.17, 15) is 9.59 Å². The summed E-state index contributed by atoms with van der Waals surface area (Å²) in [4.78, 5) is 25.1. The van der Waals surface area contributed by atoms with Crippen LogP contribution in [0.4, 0.5) is 0 Å². The van der Waals surface area contributed by atoms with Crippen molar-refractivity contribution in [2.75, 3.05) is 20.7 Å². The van der Waals surface area contributed by atoms with Crippen LogP contribution in [0.3, 0.4) is 0 Å². The Morgan fingerprint density at radius 3 is 2.50 bits per heavy atom. The maximum absolute atomic E-state index is 11.7. The molecule has 0 fully saturated rings. The molecule has 0 bridgehead atoms. The molecule has 0 saturated carbocycles. The van der Waals surface area contributed by atoms with Gasteiger partial charge >= 0.3 is 5.97 Å². The van der Waals surface area contributed by atoms with Gasteiger partial charge in [0.15, 0.2) is 0 Å². The Labute approximate surface area is 115 Å². The number of carbonyl (C=O) groups excluding carboxylic acids is 2. The van der Waals surface area contributed by atoms with Gasteiger partial charge in [-0.15, -0.1) is 0 Å². The molecule has 0 unspecified atom stereocenters. The molecule has 0 saturated heterocycles. The third kappa shape index (κ3) is 3.92. The fraction of sp³-hybridized carbons (Fsp3) is 0.385. The number of halogens is 1. The standard InChI is InChI=1S/C13H16BrNO3/c1-4-18-13(17)12(16)9-5-6-10(8-15(2)3)11(14)7-9/h5-7H,4,8H2,1-3H3. The van der Waals surface area contributed by atoms with Crippen LogP contribution in [-0.2, 0) is 16.1 Å². The van der Waals surface area contributed by atoms with Crippen molar-refractivity contribution >= 4 is 27.7 Å². The number of ketones is 1. The zero-order valence-electron chi connectivity index (χ0n) is 10.7. The molecule has 0 atom stereocenters. The molecule has 0 aliphatic heterocycles. The maximum atomic E-state index is 11.7. The van der Waals surface area contributed by atoms with E-state index in [2.05, 4.69) is 20.7 Å². The number of ether oxygens (including phenoxy) is 1. The Bertz CT molecular complexity index is 458. The molecule has 0 spiro atoms. The van der Waals surface area contributed by atoms with Gasteiger partial charge in [0, 0.05) is 16.6 Å². The predicted molar refractivity (Wildman–Crippen MR) is 72.5 cm³/mol. The average molecular weight is 314 g/mol. The van der Waals surface area contributed by atoms with Crippen molar-refractivity contribution in [1.82, 2.24) is 4.90 Å². The lowest BCUT2D eigenvalue weighted by Crippen LogP contribution is -2.18. The Balaban J connectivity index is 2.90. The van der Waals surface area contributed by atoms with Crippen LogP contribution >= 0.6 is 15.9 Å². The molecule has 0 N–H and O–H groups in total. The lowest BCUT2D eigenvalue weighted by molar-refractivity contribution is -0.137. The van der Waals surface area contributed by atoms with Crippen LogP contribution in [0.25, 0.3) is 0 Å². The summed E-state index contributed by atoms with van der Waals surface area (Å²) in [5.41, 5.74) is 1.39. The number of esters is 1. The van der Waals surface area contributed by atoms with E-state index in [1.54, 1.807) is 19.1 Å². The number of Topliss-reactive ketones (excluding diaryl/α,β-unsaturated/α-hetero) is 1. The van der Waals surface area contributed by atoms with Gasteiger partial charge in [0.2, 0.25) is 0 Å². The van der Waals surface area contributed by atoms with Crippen LogP contribution < -0.4 is 0 Å². The van der Waals surface area contributed by atoms with Crippen LogP contribution in [-0.4, -0.2) is 37.4 Å². The normalized spacial score (nSPS) is 10.5. The highest BCUT2D eigenvalue weighted by atomic mass is 79.9. The molecule has 1 aromatic rings. The smallest absolute Gasteiger partial charge is 0.379 e. The van der Waals surface area contributed by atoms with E-state index < -0.39 is 11.8 Å². The summed E-state index contributed by atoms with van der Waals surface area (Å²) >= 11 is 3.40. The molecular formula is C13H16BrNO3. The monoisotopic (exact) mass is 313 g/mol. The first-order chi connectivity index (χ1) is 8.45. The van der Waals surface area contributed by atoms with E-state index in [1.165, 1.54) is 0 Å². The van der Waals surface area contributed by atoms with Gasteiger partial charge in [0.25, 0.3) is 5.78 Å². The van der Waals surface area contributed by atoms with Gasteiger partial charge in [-0.1, -0.05) is 28.1 Å². The second-order valence-electron chi connectivity index (χ2n) is 4.09. The molecule has 98 valence electrons. The highest BCUT2D eigenvalue weighted by Crippen LogP contribution is 2.20. The lowest BCUT2D eigenvalue weighted by atomic mass is 10.1. The molecule has 4 nitrogen and oxygen atoms in total. The zero-order valence-corrected chi connectivity index (χ0v) is 12.3. The fourth-order valence-electron chi connectivity index (χ4n) is 1.47. The number of hydrogen-bond donors (Lipinski definition) is 0. The third-order valence-electron chi connectivity index (χ3n) is 2.26. The third-order valence-corrected chi connectivity index (χ3v) is 3.00. The molecule has 0 aromatic heterocycles. The zero-order chi connectivity index (χ0) is 13.7. The largest absolute Gasteiger partial charge is 0.460 e. The highest BCUT2D eigenvalue weighted by Gasteiger charge is 2.18. The van der Waals surface area contributed by atoms with E-state index >= 15 is 0 Å². The number of rotatable bonds is 5. The molecule has 1 rings (SSSR count). The number of hydrogen-bond acceptors (Lipinski definition) is 4. The van der Waals surface area contributed by atoms with E-state index in [4.69, 9.17) is 0 Å². The van der Waals surface area contributed by atoms with Crippen LogP contribution in [0.1, 0.15) is 22.8 Å². The van der Waals surface area contributed by atoms with E-state index in [0.717, 1.165) is 16.6 Å². The summed E-state index contributed by atoms with van der Waals surface area (Å²) in [7, 11) is 3.92. The number of benzene rings is 1. The van der Waals surface area contributed by atoms with Crippen molar-refractivity contribution in [3.05, 3.63) is 33.8 Å². The molecule has 0 radical (unpaired) electrons. The summed E-state index contributed by atoms with van der Waals surface area (Å²) in [6, 6.07) is 5.12. The van der Waals surface area contributed by atoms with E-state index in [1.807, 2.05) is 25.1 Å². The second kappa shape index (κ2) is 6.66. The molecule has 0 aliphatic carbocycles. The number of nitrogens with zero attached hydrogens (tertiary/aromatic N) is 1. The highest BCUT2D eigenvalue weighted by molar-refractivity contribution is 9.10. The lowest BCUT2D eigenvalue weighted by Gasteiger charge is -2.12. The minimum atomic E-state index is -0.815. The summed E-state index contributed by atoms with van der Waals surface area (Å²) in [5, 5.41) is 0. The van der Waals surface area contributed by atoms with Crippen LogP contribution in [0.15, 0.2) is 22.7 Å². The van der Waals surface area contributed by atoms with Crippen molar-refractivity contribution in [1.29, 1.82) is 0 Å². The SMILES string of the molecule is CCOC(=O)C(=O)c1ccc(CN(C)C)c(Br)c1. The van der Waals surface area contributed by atoms with Crippen molar-refractivity contribution in [3.63, 3.8) is 0 Å². The van der Waals surface area contributed by atoms with Gasteiger partial charge in [-0.25, -0.2) is 4.79 Å². The Hall–Kier alpha value is -1.20. The average Bonchev–Trinajstić information content (AvgIpc) is 2.30. The topological polar surface area (TPSA) is 46.6 Å². The molecule has 18 heavy (non-hydrogen) atoms. The Morgan fingerprint density at radius 1 is 1.33 bits per heavy atom. The first-order valence-electron chi connectivity index (χ1n) is 5.60. The first kappa shape index (κ1) is 14.9. The van der Waals surface area contributed by atoms with Gasteiger partial charge in [0.05, 0.1) is 6.61 Å². The first-order valence-corrected chi connectivity index (χ1v) is 6.39. The summed E-state index contributed by atoms with van der Waals surface area (Å²) in [6.45, 7) is 2.63. The minimum absolute atomic E-state index is 0.199. The number of carbonyl (C=O) groups is 2. The molecule has 0 heterocycles. The van der Waals surface area contributed by atoms with Gasteiger partial charge in [0.1, 0.15) is 0 Å². The Morgan fingerprint density at radius 2 is 2.00 bits per heavy atom. The van der Waals surface area contributed by atoms with E-state index in [-0.39, 0.29) is 6.61 Å². The molecule has 0 amide bonds. The molecular weight excluding hydrogens is 298 g/mol. The van der Waals surface area contributed by atoms with Crippen molar-refractivity contribution in [2.24, 2.45) is 0 Å². The van der Waals surface area contributed by atoms with Crippen LogP contribution in [0.2, 0.25) is 0 Å².